The minimum atomic E-state index is -0.909. The molecule has 1 heterocycles. The van der Waals surface area contributed by atoms with Gasteiger partial charge in [-0.1, -0.05) is 0 Å². The summed E-state index contributed by atoms with van der Waals surface area (Å²) in [6, 6.07) is 3.41. The predicted molar refractivity (Wildman–Crippen MR) is 106 cm³/mol. The van der Waals surface area contributed by atoms with Crippen LogP contribution in [-0.2, 0) is 16.0 Å². The summed E-state index contributed by atoms with van der Waals surface area (Å²) in [5.74, 6) is -0.909. The maximum absolute atomic E-state index is 13.2. The monoisotopic (exact) mass is 419 g/mol. The van der Waals surface area contributed by atoms with Gasteiger partial charge in [-0.25, -0.2) is 9.18 Å². The van der Waals surface area contributed by atoms with Crippen LogP contribution in [0.15, 0.2) is 12.1 Å². The Balaban J connectivity index is 0.000000214. The Morgan fingerprint density at radius 1 is 1.33 bits per heavy atom. The molecule has 1 aromatic rings. The van der Waals surface area contributed by atoms with Gasteiger partial charge in [-0.15, -0.1) is 0 Å². The lowest BCUT2D eigenvalue weighted by Crippen LogP contribution is -2.42. The molecule has 0 atom stereocenters. The van der Waals surface area contributed by atoms with Crippen LogP contribution < -0.4 is 0 Å². The number of halogens is 1. The molecule has 0 N–H and O–H groups in total. The van der Waals surface area contributed by atoms with Gasteiger partial charge in [0, 0.05) is 25.6 Å². The zero-order chi connectivity index (χ0) is 22.5. The molecule has 2 aliphatic rings. The number of amides is 1. The van der Waals surface area contributed by atoms with E-state index in [0.717, 1.165) is 25.2 Å². The smallest absolute Gasteiger partial charge is 0.410 e. The van der Waals surface area contributed by atoms with E-state index >= 15 is 0 Å². The number of carbonyl (C=O) groups excluding carboxylic acids is 2. The lowest BCUT2D eigenvalue weighted by molar-refractivity contribution is -0.385. The maximum atomic E-state index is 13.2. The number of benzene rings is 1. The number of ether oxygens (including phenoxy) is 1. The Morgan fingerprint density at radius 2 is 1.93 bits per heavy atom. The van der Waals surface area contributed by atoms with E-state index in [0.29, 0.717) is 11.7 Å². The first-order valence-electron chi connectivity index (χ1n) is 9.79. The van der Waals surface area contributed by atoms with Crippen molar-refractivity contribution in [2.24, 2.45) is 5.41 Å². The normalized spacial score (nSPS) is 16.7. The molecule has 30 heavy (non-hydrogen) atoms. The van der Waals surface area contributed by atoms with Gasteiger partial charge in [-0.3, -0.25) is 10.1 Å². The van der Waals surface area contributed by atoms with Crippen molar-refractivity contribution in [3.63, 3.8) is 0 Å². The standard InChI is InChI=1S/C12H21NO2.C9H5FN2O3/c1-11(2,3)15-10(14)13-8-6-12(4-5-12)7-9-13;10-8-3-6(5-11)4-9(12(14)15)7(8)1-2-13/h4-9H2,1-3H3;2-4H,1H2. The average molecular weight is 419 g/mol. The van der Waals surface area contributed by atoms with Crippen molar-refractivity contribution in [3.8, 4) is 6.07 Å². The molecule has 1 amide bonds. The summed E-state index contributed by atoms with van der Waals surface area (Å²) in [5, 5.41) is 19.0. The molecule has 1 aliphatic heterocycles. The highest BCUT2D eigenvalue weighted by molar-refractivity contribution is 5.68. The molecule has 8 nitrogen and oxygen atoms in total. The van der Waals surface area contributed by atoms with Crippen LogP contribution in [-0.4, -0.2) is 40.9 Å². The number of piperidine rings is 1. The summed E-state index contributed by atoms with van der Waals surface area (Å²) < 4.78 is 18.6. The van der Waals surface area contributed by atoms with Crippen molar-refractivity contribution in [2.75, 3.05) is 13.1 Å². The fourth-order valence-corrected chi connectivity index (χ4v) is 3.30. The summed E-state index contributed by atoms with van der Waals surface area (Å²) >= 11 is 0. The number of likely N-dealkylation sites (tertiary alicyclic amines) is 1. The molecule has 9 heteroatoms. The van der Waals surface area contributed by atoms with Gasteiger partial charge in [0.2, 0.25) is 0 Å². The molecule has 2 fully saturated rings. The zero-order valence-corrected chi connectivity index (χ0v) is 17.4. The molecule has 1 aliphatic carbocycles. The lowest BCUT2D eigenvalue weighted by atomic mass is 9.94. The number of nitrogens with zero attached hydrogens (tertiary/aromatic N) is 3. The van der Waals surface area contributed by atoms with Crippen LogP contribution in [0, 0.1) is 32.7 Å². The predicted octanol–water partition coefficient (Wildman–Crippen LogP) is 4.14. The van der Waals surface area contributed by atoms with Gasteiger partial charge in [0.25, 0.3) is 5.69 Å². The van der Waals surface area contributed by atoms with Crippen LogP contribution in [0.25, 0.3) is 0 Å². The fraction of sp³-hybridized carbons (Fsp3) is 0.571. The van der Waals surface area contributed by atoms with Gasteiger partial charge in [0.15, 0.2) is 0 Å². The van der Waals surface area contributed by atoms with Gasteiger partial charge < -0.3 is 14.4 Å². The number of nitro groups is 1. The van der Waals surface area contributed by atoms with Gasteiger partial charge in [-0.05, 0) is 57.9 Å². The highest BCUT2D eigenvalue weighted by atomic mass is 19.1. The summed E-state index contributed by atoms with van der Waals surface area (Å²) in [6.07, 6.45) is 4.94. The number of carbonyl (C=O) groups is 2. The molecular weight excluding hydrogens is 393 g/mol. The third-order valence-corrected chi connectivity index (χ3v) is 5.22. The van der Waals surface area contributed by atoms with E-state index in [-0.39, 0.29) is 29.2 Å². The van der Waals surface area contributed by atoms with Crippen LogP contribution in [0.4, 0.5) is 14.9 Å². The lowest BCUT2D eigenvalue weighted by Gasteiger charge is -2.33. The van der Waals surface area contributed by atoms with Crippen molar-refractivity contribution >= 4 is 18.1 Å². The highest BCUT2D eigenvalue weighted by Crippen LogP contribution is 2.53. The van der Waals surface area contributed by atoms with Gasteiger partial charge in [0.1, 0.15) is 17.7 Å². The molecule has 1 spiro atoms. The van der Waals surface area contributed by atoms with Crippen molar-refractivity contribution in [3.05, 3.63) is 39.2 Å². The van der Waals surface area contributed by atoms with E-state index in [2.05, 4.69) is 0 Å². The van der Waals surface area contributed by atoms with E-state index < -0.39 is 16.4 Å². The second kappa shape index (κ2) is 9.20. The van der Waals surface area contributed by atoms with E-state index in [1.807, 2.05) is 25.7 Å². The Bertz CT molecular complexity index is 859. The molecule has 162 valence electrons. The summed E-state index contributed by atoms with van der Waals surface area (Å²) in [7, 11) is 0. The van der Waals surface area contributed by atoms with Crippen LogP contribution in [0.5, 0.6) is 0 Å². The van der Waals surface area contributed by atoms with Crippen molar-refractivity contribution in [1.29, 1.82) is 5.26 Å². The topological polar surface area (TPSA) is 114 Å². The fourth-order valence-electron chi connectivity index (χ4n) is 3.30. The number of nitro benzene ring substituents is 1. The number of hydrogen-bond donors (Lipinski definition) is 0. The molecule has 0 radical (unpaired) electrons. The highest BCUT2D eigenvalue weighted by Gasteiger charge is 2.45. The minimum absolute atomic E-state index is 0.141. The summed E-state index contributed by atoms with van der Waals surface area (Å²) in [6.45, 7) is 7.51. The van der Waals surface area contributed by atoms with E-state index in [1.54, 1.807) is 6.07 Å². The summed E-state index contributed by atoms with van der Waals surface area (Å²) in [5.41, 5.74) is -0.730. The van der Waals surface area contributed by atoms with Gasteiger partial charge >= 0.3 is 6.09 Å². The van der Waals surface area contributed by atoms with E-state index in [4.69, 9.17) is 10.00 Å². The number of hydrogen-bond acceptors (Lipinski definition) is 6. The Morgan fingerprint density at radius 3 is 2.37 bits per heavy atom. The van der Waals surface area contributed by atoms with Crippen molar-refractivity contribution in [2.45, 2.75) is 58.5 Å². The average Bonchev–Trinajstić information content (AvgIpc) is 3.41. The first kappa shape index (κ1) is 23.3. The SMILES string of the molecule is CC(C)(C)OC(=O)N1CCC2(CC1)CC2.N#Cc1cc(F)c(CC=O)c([N+](=O)[O-])c1. The second-order valence-corrected chi connectivity index (χ2v) is 8.66. The molecule has 3 rings (SSSR count). The maximum Gasteiger partial charge on any atom is 0.410 e. The first-order valence-corrected chi connectivity index (χ1v) is 9.79. The Kier molecular flexibility index (Phi) is 7.13. The van der Waals surface area contributed by atoms with E-state index in [1.165, 1.54) is 25.7 Å². The molecule has 0 bridgehead atoms. The molecule has 1 saturated heterocycles. The third-order valence-electron chi connectivity index (χ3n) is 5.22. The second-order valence-electron chi connectivity index (χ2n) is 8.66. The zero-order valence-electron chi connectivity index (χ0n) is 17.4. The van der Waals surface area contributed by atoms with Crippen LogP contribution in [0.2, 0.25) is 0 Å². The van der Waals surface area contributed by atoms with Crippen LogP contribution in [0.3, 0.4) is 0 Å². The van der Waals surface area contributed by atoms with Crippen LogP contribution in [0.1, 0.15) is 57.6 Å². The first-order chi connectivity index (χ1) is 14.0. The largest absolute Gasteiger partial charge is 0.444 e. The van der Waals surface area contributed by atoms with Gasteiger partial charge in [-0.2, -0.15) is 5.26 Å². The van der Waals surface area contributed by atoms with Gasteiger partial charge in [0.05, 0.1) is 22.1 Å². The Hall–Kier alpha value is -3.02. The molecule has 1 saturated carbocycles. The molecular formula is C21H26FN3O5. The van der Waals surface area contributed by atoms with E-state index in [9.17, 15) is 24.1 Å². The van der Waals surface area contributed by atoms with Crippen LogP contribution >= 0.6 is 0 Å². The molecule has 0 aromatic heterocycles. The quantitative estimate of drug-likeness (QED) is 0.413. The molecule has 0 unspecified atom stereocenters. The Labute approximate surface area is 174 Å². The molecule has 1 aromatic carbocycles. The minimum Gasteiger partial charge on any atom is -0.444 e. The number of nitriles is 1. The van der Waals surface area contributed by atoms with Crippen molar-refractivity contribution in [1.82, 2.24) is 4.90 Å². The summed E-state index contributed by atoms with van der Waals surface area (Å²) in [4.78, 5) is 33.5. The number of rotatable bonds is 3. The third kappa shape index (κ3) is 6.24. The number of aldehydes is 1. The van der Waals surface area contributed by atoms with Crippen molar-refractivity contribution < 1.29 is 23.6 Å².